The van der Waals surface area contributed by atoms with E-state index in [1.54, 1.807) is 10.9 Å². The zero-order chi connectivity index (χ0) is 17.9. The summed E-state index contributed by atoms with van der Waals surface area (Å²) in [6, 6.07) is 16.2. The highest BCUT2D eigenvalue weighted by molar-refractivity contribution is 7.98. The Hall–Kier alpha value is -2.93. The van der Waals surface area contributed by atoms with Crippen LogP contribution in [-0.2, 0) is 5.75 Å². The lowest BCUT2D eigenvalue weighted by molar-refractivity contribution is 0.529. The van der Waals surface area contributed by atoms with E-state index < -0.39 is 0 Å². The Labute approximate surface area is 155 Å². The molecular weight excluding hydrogens is 346 g/mol. The van der Waals surface area contributed by atoms with Crippen LogP contribution >= 0.6 is 11.8 Å². The quantitative estimate of drug-likeness (QED) is 0.494. The second-order valence-corrected chi connectivity index (χ2v) is 6.88. The lowest BCUT2D eigenvalue weighted by Crippen LogP contribution is -2.02. The van der Waals surface area contributed by atoms with E-state index in [0.29, 0.717) is 16.8 Å². The maximum absolute atomic E-state index is 5.85. The van der Waals surface area contributed by atoms with Crippen LogP contribution in [0.25, 0.3) is 17.0 Å². The number of thioether (sulfide) groups is 1. The van der Waals surface area contributed by atoms with E-state index in [0.717, 1.165) is 28.1 Å². The van der Waals surface area contributed by atoms with Gasteiger partial charge in [-0.3, -0.25) is 0 Å². The van der Waals surface area contributed by atoms with Crippen molar-refractivity contribution >= 4 is 11.8 Å². The van der Waals surface area contributed by atoms with Crippen LogP contribution in [0.3, 0.4) is 0 Å². The maximum Gasteiger partial charge on any atom is 0.214 e. The minimum absolute atomic E-state index is 0.554. The number of rotatable bonds is 5. The molecule has 26 heavy (non-hydrogen) atoms. The highest BCUT2D eigenvalue weighted by Crippen LogP contribution is 2.26. The molecule has 4 rings (SSSR count). The van der Waals surface area contributed by atoms with E-state index in [9.17, 15) is 0 Å². The summed E-state index contributed by atoms with van der Waals surface area (Å²) in [6.45, 7) is 4.10. The van der Waals surface area contributed by atoms with Gasteiger partial charge in [0.25, 0.3) is 0 Å². The lowest BCUT2D eigenvalue weighted by atomic mass is 10.1. The number of hydrogen-bond donors (Lipinski definition) is 0. The number of oxazole rings is 1. The summed E-state index contributed by atoms with van der Waals surface area (Å²) in [4.78, 5) is 4.36. The summed E-state index contributed by atoms with van der Waals surface area (Å²) in [5.41, 5.74) is 4.27. The molecule has 130 valence electrons. The molecule has 0 saturated carbocycles. The van der Waals surface area contributed by atoms with Crippen LogP contribution in [0.5, 0.6) is 0 Å². The number of benzene rings is 2. The van der Waals surface area contributed by atoms with Gasteiger partial charge in [-0.05, 0) is 41.5 Å². The predicted molar refractivity (Wildman–Crippen MR) is 100 cm³/mol. The summed E-state index contributed by atoms with van der Waals surface area (Å²) in [5, 5.41) is 12.8. The summed E-state index contributed by atoms with van der Waals surface area (Å²) in [5.74, 6) is 1.96. The molecule has 0 saturated heterocycles. The van der Waals surface area contributed by atoms with Gasteiger partial charge in [-0.2, -0.15) is 4.68 Å². The van der Waals surface area contributed by atoms with Crippen LogP contribution in [0.2, 0.25) is 0 Å². The molecule has 2 heterocycles. The highest BCUT2D eigenvalue weighted by Gasteiger charge is 2.13. The molecule has 0 N–H and O–H groups in total. The molecule has 0 aliphatic carbocycles. The van der Waals surface area contributed by atoms with Gasteiger partial charge in [-0.15, -0.1) is 5.10 Å². The van der Waals surface area contributed by atoms with Crippen molar-refractivity contribution in [3.05, 3.63) is 71.7 Å². The molecule has 0 aliphatic heterocycles. The predicted octanol–water partition coefficient (Wildman–Crippen LogP) is 4.23. The SMILES string of the molecule is Cc1ccc(C)c(-n2nnnc2SCc2ncc(-c3ccccc3)o2)c1. The normalized spacial score (nSPS) is 11.0. The lowest BCUT2D eigenvalue weighted by Gasteiger charge is -2.08. The Morgan fingerprint density at radius 1 is 1.08 bits per heavy atom. The van der Waals surface area contributed by atoms with E-state index in [-0.39, 0.29) is 0 Å². The van der Waals surface area contributed by atoms with Gasteiger partial charge in [0.1, 0.15) is 0 Å². The Morgan fingerprint density at radius 2 is 1.92 bits per heavy atom. The van der Waals surface area contributed by atoms with Crippen LogP contribution in [0.15, 0.2) is 64.3 Å². The summed E-state index contributed by atoms with van der Waals surface area (Å²) < 4.78 is 7.60. The second kappa shape index (κ2) is 7.13. The molecule has 0 spiro atoms. The number of tetrazole rings is 1. The van der Waals surface area contributed by atoms with E-state index in [2.05, 4.69) is 45.6 Å². The van der Waals surface area contributed by atoms with Crippen molar-refractivity contribution in [2.75, 3.05) is 0 Å². The minimum Gasteiger partial charge on any atom is -0.440 e. The first-order valence-corrected chi connectivity index (χ1v) is 9.18. The van der Waals surface area contributed by atoms with Crippen molar-refractivity contribution < 1.29 is 4.42 Å². The van der Waals surface area contributed by atoms with E-state index >= 15 is 0 Å². The third kappa shape index (κ3) is 3.39. The molecule has 0 aliphatic rings. The van der Waals surface area contributed by atoms with Crippen LogP contribution < -0.4 is 0 Å². The van der Waals surface area contributed by atoms with Gasteiger partial charge in [0.15, 0.2) is 5.76 Å². The van der Waals surface area contributed by atoms with Gasteiger partial charge in [-0.1, -0.05) is 54.2 Å². The summed E-state index contributed by atoms with van der Waals surface area (Å²) >= 11 is 1.50. The first kappa shape index (κ1) is 16.5. The Morgan fingerprint density at radius 3 is 2.77 bits per heavy atom. The first-order valence-electron chi connectivity index (χ1n) is 8.19. The topological polar surface area (TPSA) is 69.6 Å². The largest absolute Gasteiger partial charge is 0.440 e. The van der Waals surface area contributed by atoms with Crippen molar-refractivity contribution in [1.29, 1.82) is 0 Å². The third-order valence-corrected chi connectivity index (χ3v) is 4.87. The van der Waals surface area contributed by atoms with E-state index in [4.69, 9.17) is 4.42 Å². The van der Waals surface area contributed by atoms with Crippen molar-refractivity contribution in [3.63, 3.8) is 0 Å². The van der Waals surface area contributed by atoms with E-state index in [1.807, 2.05) is 37.3 Å². The molecule has 0 fully saturated rings. The molecule has 2 aromatic heterocycles. The van der Waals surface area contributed by atoms with Gasteiger partial charge in [0.2, 0.25) is 11.0 Å². The maximum atomic E-state index is 5.85. The molecule has 0 unspecified atom stereocenters. The fourth-order valence-electron chi connectivity index (χ4n) is 2.61. The van der Waals surface area contributed by atoms with Crippen molar-refractivity contribution in [3.8, 4) is 17.0 Å². The fraction of sp³-hybridized carbons (Fsp3) is 0.158. The van der Waals surface area contributed by atoms with Gasteiger partial charge in [0, 0.05) is 5.56 Å². The number of hydrogen-bond acceptors (Lipinski definition) is 6. The zero-order valence-corrected chi connectivity index (χ0v) is 15.3. The van der Waals surface area contributed by atoms with E-state index in [1.165, 1.54) is 11.8 Å². The Bertz CT molecular complexity index is 1030. The Balaban J connectivity index is 1.52. The fourth-order valence-corrected chi connectivity index (χ4v) is 3.34. The van der Waals surface area contributed by atoms with Crippen LogP contribution in [0.4, 0.5) is 0 Å². The standard InChI is InChI=1S/C19H17N5OS/c1-13-8-9-14(2)16(10-13)24-19(21-22-23-24)26-12-18-20-11-17(25-18)15-6-4-3-5-7-15/h3-11H,12H2,1-2H3. The van der Waals surface area contributed by atoms with Crippen molar-refractivity contribution in [1.82, 2.24) is 25.2 Å². The van der Waals surface area contributed by atoms with Gasteiger partial charge in [-0.25, -0.2) is 4.98 Å². The minimum atomic E-state index is 0.554. The molecule has 6 nitrogen and oxygen atoms in total. The van der Waals surface area contributed by atoms with Crippen LogP contribution in [0.1, 0.15) is 17.0 Å². The number of nitrogens with zero attached hydrogens (tertiary/aromatic N) is 5. The highest BCUT2D eigenvalue weighted by atomic mass is 32.2. The Kier molecular flexibility index (Phi) is 4.53. The van der Waals surface area contributed by atoms with Crippen LogP contribution in [0, 0.1) is 13.8 Å². The monoisotopic (exact) mass is 363 g/mol. The van der Waals surface area contributed by atoms with Crippen LogP contribution in [-0.4, -0.2) is 25.2 Å². The molecule has 0 bridgehead atoms. The molecular formula is C19H17N5OS. The average Bonchev–Trinajstić information content (AvgIpc) is 3.32. The number of aromatic nitrogens is 5. The molecule has 0 atom stereocenters. The van der Waals surface area contributed by atoms with Crippen molar-refractivity contribution in [2.24, 2.45) is 0 Å². The number of aryl methyl sites for hydroxylation is 2. The second-order valence-electron chi connectivity index (χ2n) is 5.94. The molecule has 2 aromatic carbocycles. The molecule has 0 radical (unpaired) electrons. The summed E-state index contributed by atoms with van der Waals surface area (Å²) in [7, 11) is 0. The van der Waals surface area contributed by atoms with Gasteiger partial charge >= 0.3 is 0 Å². The average molecular weight is 363 g/mol. The van der Waals surface area contributed by atoms with Gasteiger partial charge < -0.3 is 4.42 Å². The smallest absolute Gasteiger partial charge is 0.214 e. The third-order valence-electron chi connectivity index (χ3n) is 3.97. The molecule has 0 amide bonds. The molecule has 4 aromatic rings. The summed E-state index contributed by atoms with van der Waals surface area (Å²) in [6.07, 6.45) is 1.75. The van der Waals surface area contributed by atoms with Gasteiger partial charge in [0.05, 0.1) is 17.6 Å². The first-order chi connectivity index (χ1) is 12.7. The van der Waals surface area contributed by atoms with Crippen molar-refractivity contribution in [2.45, 2.75) is 24.8 Å². The molecule has 7 heteroatoms. The zero-order valence-electron chi connectivity index (χ0n) is 14.5.